The average molecular weight is 285 g/mol. The molecule has 2 atom stereocenters. The lowest BCUT2D eigenvalue weighted by molar-refractivity contribution is -0.384. The molecule has 0 saturated carbocycles. The van der Waals surface area contributed by atoms with E-state index in [0.29, 0.717) is 0 Å². The summed E-state index contributed by atoms with van der Waals surface area (Å²) in [5.74, 6) is -0.515. The van der Waals surface area contributed by atoms with Crippen molar-refractivity contribution in [3.05, 3.63) is 33.9 Å². The van der Waals surface area contributed by atoms with Gasteiger partial charge in [0.15, 0.2) is 0 Å². The molecule has 0 aliphatic heterocycles. The van der Waals surface area contributed by atoms with Crippen LogP contribution in [0.25, 0.3) is 0 Å². The Kier molecular flexibility index (Phi) is 4.99. The van der Waals surface area contributed by atoms with E-state index in [9.17, 15) is 19.1 Å². The summed E-state index contributed by atoms with van der Waals surface area (Å²) in [7, 11) is -1.05. The fourth-order valence-electron chi connectivity index (χ4n) is 1.30. The monoisotopic (exact) mass is 285 g/mol. The van der Waals surface area contributed by atoms with E-state index in [1.165, 1.54) is 12.1 Å². The Hall–Kier alpha value is -1.96. The highest BCUT2D eigenvalue weighted by Gasteiger charge is 2.16. The second kappa shape index (κ2) is 6.28. The molecule has 1 aromatic rings. The maximum absolute atomic E-state index is 11.9. The van der Waals surface area contributed by atoms with Crippen molar-refractivity contribution in [2.45, 2.75) is 12.2 Å². The van der Waals surface area contributed by atoms with Crippen molar-refractivity contribution in [2.75, 3.05) is 18.5 Å². The summed E-state index contributed by atoms with van der Waals surface area (Å²) in [5.41, 5.74) is 5.62. The number of hydrogen-bond acceptors (Lipinski definition) is 5. The van der Waals surface area contributed by atoms with Crippen molar-refractivity contribution >= 4 is 28.1 Å². The molecular weight excluding hydrogens is 270 g/mol. The number of non-ortho nitro benzene ring substituents is 1. The minimum atomic E-state index is -1.05. The summed E-state index contributed by atoms with van der Waals surface area (Å²) in [6, 6.07) is 3.67. The van der Waals surface area contributed by atoms with Crippen LogP contribution in [0.3, 0.4) is 0 Å². The fraction of sp³-hybridized carbons (Fsp3) is 0.364. The third-order valence-electron chi connectivity index (χ3n) is 2.61. The molecule has 0 aliphatic carbocycles. The van der Waals surface area contributed by atoms with Crippen LogP contribution in [-0.2, 0) is 10.8 Å². The van der Waals surface area contributed by atoms with Crippen molar-refractivity contribution < 1.29 is 13.9 Å². The van der Waals surface area contributed by atoms with Gasteiger partial charge < -0.3 is 11.1 Å². The van der Waals surface area contributed by atoms with Gasteiger partial charge in [-0.2, -0.15) is 0 Å². The minimum absolute atomic E-state index is 0.0447. The number of carbonyl (C=O) groups is 1. The number of rotatable bonds is 5. The van der Waals surface area contributed by atoms with E-state index in [0.717, 1.165) is 6.07 Å². The summed E-state index contributed by atoms with van der Waals surface area (Å²) in [4.78, 5) is 21.9. The quantitative estimate of drug-likeness (QED) is 0.469. The predicted molar refractivity (Wildman–Crippen MR) is 73.4 cm³/mol. The Bertz CT molecular complexity index is 533. The zero-order valence-electron chi connectivity index (χ0n) is 10.6. The maximum Gasteiger partial charge on any atom is 0.270 e. The minimum Gasteiger partial charge on any atom is -0.398 e. The molecule has 0 spiro atoms. The van der Waals surface area contributed by atoms with Gasteiger partial charge in [-0.25, -0.2) is 0 Å². The first-order valence-corrected chi connectivity index (χ1v) is 7.09. The Morgan fingerprint density at radius 1 is 1.58 bits per heavy atom. The smallest absolute Gasteiger partial charge is 0.270 e. The molecule has 1 aromatic carbocycles. The third-order valence-corrected chi connectivity index (χ3v) is 3.91. The van der Waals surface area contributed by atoms with Crippen molar-refractivity contribution in [2.24, 2.45) is 0 Å². The van der Waals surface area contributed by atoms with Crippen LogP contribution in [0.4, 0.5) is 11.4 Å². The number of amides is 1. The molecule has 104 valence electrons. The maximum atomic E-state index is 11.9. The van der Waals surface area contributed by atoms with Gasteiger partial charge in [-0.05, 0) is 13.0 Å². The highest BCUT2D eigenvalue weighted by atomic mass is 32.2. The average Bonchev–Trinajstić information content (AvgIpc) is 2.35. The van der Waals surface area contributed by atoms with Gasteiger partial charge in [-0.15, -0.1) is 0 Å². The largest absolute Gasteiger partial charge is 0.398 e. The molecule has 3 N–H and O–H groups in total. The molecule has 1 amide bonds. The van der Waals surface area contributed by atoms with E-state index in [4.69, 9.17) is 5.73 Å². The van der Waals surface area contributed by atoms with Gasteiger partial charge in [-0.1, -0.05) is 0 Å². The third kappa shape index (κ3) is 4.02. The van der Waals surface area contributed by atoms with Crippen LogP contribution in [-0.4, -0.2) is 33.1 Å². The molecule has 1 rings (SSSR count). The number of carbonyl (C=O) groups excluding carboxylic acids is 1. The summed E-state index contributed by atoms with van der Waals surface area (Å²) in [5, 5.41) is 13.0. The number of nitrogens with one attached hydrogen (secondary N) is 1. The molecule has 2 unspecified atom stereocenters. The molecule has 0 aromatic heterocycles. The number of benzene rings is 1. The zero-order valence-corrected chi connectivity index (χ0v) is 11.4. The van der Waals surface area contributed by atoms with E-state index in [1.54, 1.807) is 13.2 Å². The van der Waals surface area contributed by atoms with Crippen LogP contribution in [0.2, 0.25) is 0 Å². The SMILES string of the molecule is CC(CNC(=O)c1cc([N+](=O)[O-])ccc1N)S(C)=O. The van der Waals surface area contributed by atoms with Gasteiger partial charge in [0.1, 0.15) is 0 Å². The molecule has 0 radical (unpaired) electrons. The number of nitrogen functional groups attached to an aromatic ring is 1. The van der Waals surface area contributed by atoms with Crippen molar-refractivity contribution in [1.29, 1.82) is 0 Å². The number of hydrogen-bond donors (Lipinski definition) is 2. The first-order chi connectivity index (χ1) is 8.82. The van der Waals surface area contributed by atoms with Crippen molar-refractivity contribution in [3.63, 3.8) is 0 Å². The highest BCUT2D eigenvalue weighted by Crippen LogP contribution is 2.19. The Morgan fingerprint density at radius 3 is 2.74 bits per heavy atom. The van der Waals surface area contributed by atoms with Gasteiger partial charge in [-0.3, -0.25) is 19.1 Å². The van der Waals surface area contributed by atoms with Crippen molar-refractivity contribution in [1.82, 2.24) is 5.32 Å². The first kappa shape index (κ1) is 15.1. The summed E-state index contributed by atoms with van der Waals surface area (Å²) in [6.45, 7) is 1.94. The van der Waals surface area contributed by atoms with Crippen LogP contribution < -0.4 is 11.1 Å². The first-order valence-electron chi connectivity index (χ1n) is 5.47. The molecule has 0 fully saturated rings. The van der Waals surface area contributed by atoms with Gasteiger partial charge in [0.25, 0.3) is 11.6 Å². The number of nitrogens with two attached hydrogens (primary N) is 1. The molecule has 0 aliphatic rings. The van der Waals surface area contributed by atoms with Gasteiger partial charge in [0.2, 0.25) is 0 Å². The number of anilines is 1. The summed E-state index contributed by atoms with van der Waals surface area (Å²) in [6.07, 6.45) is 1.54. The molecular formula is C11H15N3O4S. The number of nitro groups is 1. The van der Waals surface area contributed by atoms with E-state index >= 15 is 0 Å². The van der Waals surface area contributed by atoms with Gasteiger partial charge in [0.05, 0.1) is 10.5 Å². The normalized spacial score (nSPS) is 13.6. The van der Waals surface area contributed by atoms with E-state index < -0.39 is 21.6 Å². The lowest BCUT2D eigenvalue weighted by Crippen LogP contribution is -2.33. The van der Waals surface area contributed by atoms with Crippen LogP contribution in [0, 0.1) is 10.1 Å². The Morgan fingerprint density at radius 2 is 2.21 bits per heavy atom. The van der Waals surface area contributed by atoms with Gasteiger partial charge in [0, 0.05) is 46.7 Å². The summed E-state index contributed by atoms with van der Waals surface area (Å²) >= 11 is 0. The van der Waals surface area contributed by atoms with Gasteiger partial charge >= 0.3 is 0 Å². The molecule has 19 heavy (non-hydrogen) atoms. The summed E-state index contributed by atoms with van der Waals surface area (Å²) < 4.78 is 11.1. The van der Waals surface area contributed by atoms with Crippen LogP contribution in [0.1, 0.15) is 17.3 Å². The Labute approximate surface area is 112 Å². The number of nitrogens with zero attached hydrogens (tertiary/aromatic N) is 1. The lowest BCUT2D eigenvalue weighted by atomic mass is 10.1. The van der Waals surface area contributed by atoms with Crippen LogP contribution >= 0.6 is 0 Å². The highest BCUT2D eigenvalue weighted by molar-refractivity contribution is 7.84. The molecule has 8 heteroatoms. The fourth-order valence-corrected chi connectivity index (χ4v) is 1.62. The molecule has 0 heterocycles. The second-order valence-electron chi connectivity index (χ2n) is 4.05. The van der Waals surface area contributed by atoms with Crippen LogP contribution in [0.5, 0.6) is 0 Å². The molecule has 0 saturated heterocycles. The second-order valence-corrected chi connectivity index (χ2v) is 5.85. The van der Waals surface area contributed by atoms with Crippen molar-refractivity contribution in [3.8, 4) is 0 Å². The zero-order chi connectivity index (χ0) is 14.6. The molecule has 0 bridgehead atoms. The van der Waals surface area contributed by atoms with E-state index in [-0.39, 0.29) is 28.7 Å². The van der Waals surface area contributed by atoms with E-state index in [1.807, 2.05) is 0 Å². The topological polar surface area (TPSA) is 115 Å². The lowest BCUT2D eigenvalue weighted by Gasteiger charge is -2.11. The van der Waals surface area contributed by atoms with Crippen LogP contribution in [0.15, 0.2) is 18.2 Å². The standard InChI is InChI=1S/C11H15N3O4S/c1-7(19(2)18)6-13-11(15)9-5-8(14(16)17)3-4-10(9)12/h3-5,7H,6,12H2,1-2H3,(H,13,15). The molecule has 7 nitrogen and oxygen atoms in total. The van der Waals surface area contributed by atoms with E-state index in [2.05, 4.69) is 5.32 Å². The Balaban J connectivity index is 2.84. The predicted octanol–water partition coefficient (Wildman–Crippen LogP) is 0.674. The number of nitro benzene ring substituents is 1.